The summed E-state index contributed by atoms with van der Waals surface area (Å²) in [7, 11) is -3.52. The molecular formula is C23H31N3O2S. The normalized spacial score (nSPS) is 21.7. The molecule has 2 fully saturated rings. The van der Waals surface area contributed by atoms with Gasteiger partial charge in [0.25, 0.3) is 0 Å². The van der Waals surface area contributed by atoms with Gasteiger partial charge in [-0.25, -0.2) is 13.4 Å². The van der Waals surface area contributed by atoms with Crippen LogP contribution in [-0.4, -0.2) is 37.3 Å². The Hall–Kier alpha value is -1.92. The molecule has 4 rings (SSSR count). The second kappa shape index (κ2) is 8.84. The molecule has 1 atom stereocenters. The molecule has 2 aliphatic rings. The van der Waals surface area contributed by atoms with Crippen molar-refractivity contribution in [2.45, 2.75) is 62.8 Å². The fraction of sp³-hybridized carbons (Fsp3) is 0.522. The maximum Gasteiger partial charge on any atom is 0.243 e. The van der Waals surface area contributed by atoms with E-state index in [0.717, 1.165) is 49.3 Å². The Morgan fingerprint density at radius 3 is 2.21 bits per heavy atom. The van der Waals surface area contributed by atoms with E-state index in [0.29, 0.717) is 11.4 Å². The van der Waals surface area contributed by atoms with Crippen LogP contribution in [0.3, 0.4) is 0 Å². The molecule has 29 heavy (non-hydrogen) atoms. The zero-order chi connectivity index (χ0) is 20.3. The third-order valence-electron chi connectivity index (χ3n) is 6.17. The second-order valence-electron chi connectivity index (χ2n) is 8.29. The van der Waals surface area contributed by atoms with Gasteiger partial charge < -0.3 is 4.90 Å². The molecule has 2 aliphatic heterocycles. The molecule has 0 N–H and O–H groups in total. The van der Waals surface area contributed by atoms with Gasteiger partial charge >= 0.3 is 0 Å². The highest BCUT2D eigenvalue weighted by Crippen LogP contribution is 2.35. The number of sulfonamides is 1. The summed E-state index contributed by atoms with van der Waals surface area (Å²) in [4.78, 5) is 7.46. The number of rotatable bonds is 4. The molecule has 2 aromatic rings. The molecule has 0 amide bonds. The third-order valence-corrected chi connectivity index (χ3v) is 8.09. The number of nitrogens with zero attached hydrogens (tertiary/aromatic N) is 3. The van der Waals surface area contributed by atoms with Gasteiger partial charge in [-0.2, -0.15) is 4.31 Å². The molecule has 3 heterocycles. The van der Waals surface area contributed by atoms with Crippen molar-refractivity contribution in [3.05, 3.63) is 53.7 Å². The van der Waals surface area contributed by atoms with E-state index in [1.165, 1.54) is 25.7 Å². The van der Waals surface area contributed by atoms with Crippen LogP contribution in [0.2, 0.25) is 0 Å². The van der Waals surface area contributed by atoms with Crippen LogP contribution < -0.4 is 4.90 Å². The van der Waals surface area contributed by atoms with Crippen LogP contribution in [0.1, 0.15) is 62.1 Å². The number of aryl methyl sites for hydroxylation is 1. The summed E-state index contributed by atoms with van der Waals surface area (Å²) in [6.07, 6.45) is 9.71. The average Bonchev–Trinajstić information content (AvgIpc) is 3.04. The lowest BCUT2D eigenvalue weighted by atomic mass is 9.99. The first-order valence-corrected chi connectivity index (χ1v) is 12.3. The first-order chi connectivity index (χ1) is 14.1. The van der Waals surface area contributed by atoms with Crippen LogP contribution in [0.25, 0.3) is 0 Å². The van der Waals surface area contributed by atoms with Crippen LogP contribution in [0.15, 0.2) is 47.5 Å². The van der Waals surface area contributed by atoms with Gasteiger partial charge in [0.2, 0.25) is 10.0 Å². The molecular weight excluding hydrogens is 382 g/mol. The smallest absolute Gasteiger partial charge is 0.243 e. The van der Waals surface area contributed by atoms with Gasteiger partial charge in [-0.3, -0.25) is 0 Å². The van der Waals surface area contributed by atoms with Gasteiger partial charge in [0.15, 0.2) is 0 Å². The fourth-order valence-corrected chi connectivity index (χ4v) is 6.14. The summed E-state index contributed by atoms with van der Waals surface area (Å²) in [6, 6.07) is 11.2. The van der Waals surface area contributed by atoms with Crippen LogP contribution in [0.4, 0.5) is 5.82 Å². The molecule has 0 bridgehead atoms. The first kappa shape index (κ1) is 20.4. The van der Waals surface area contributed by atoms with Gasteiger partial charge in [0, 0.05) is 25.8 Å². The molecule has 5 nitrogen and oxygen atoms in total. The minimum absolute atomic E-state index is 0.138. The quantitative estimate of drug-likeness (QED) is 0.730. The standard InChI is InChI=1S/C23H31N3O2S/c1-19-9-12-21(13-10-19)29(27,28)26-17-7-4-8-22(26)20-11-14-23(24-18-20)25-15-5-2-3-6-16-25/h9-14,18,22H,2-8,15-17H2,1H3. The number of anilines is 1. The highest BCUT2D eigenvalue weighted by Gasteiger charge is 2.34. The lowest BCUT2D eigenvalue weighted by Crippen LogP contribution is -2.38. The zero-order valence-electron chi connectivity index (χ0n) is 17.3. The Kier molecular flexibility index (Phi) is 6.20. The van der Waals surface area contributed by atoms with E-state index in [-0.39, 0.29) is 6.04 Å². The summed E-state index contributed by atoms with van der Waals surface area (Å²) in [5.41, 5.74) is 2.06. The third kappa shape index (κ3) is 4.48. The first-order valence-electron chi connectivity index (χ1n) is 10.8. The van der Waals surface area contributed by atoms with Crippen LogP contribution >= 0.6 is 0 Å². The van der Waals surface area contributed by atoms with Gasteiger partial charge in [0.05, 0.1) is 10.9 Å². The van der Waals surface area contributed by atoms with E-state index in [4.69, 9.17) is 4.98 Å². The zero-order valence-corrected chi connectivity index (χ0v) is 18.1. The van der Waals surface area contributed by atoms with Gasteiger partial charge in [-0.15, -0.1) is 0 Å². The Bertz CT molecular complexity index is 902. The number of benzene rings is 1. The van der Waals surface area contributed by atoms with Crippen molar-refractivity contribution in [1.82, 2.24) is 9.29 Å². The predicted molar refractivity (Wildman–Crippen MR) is 117 cm³/mol. The highest BCUT2D eigenvalue weighted by atomic mass is 32.2. The largest absolute Gasteiger partial charge is 0.357 e. The van der Waals surface area contributed by atoms with E-state index >= 15 is 0 Å². The van der Waals surface area contributed by atoms with Crippen LogP contribution in [0, 0.1) is 6.92 Å². The monoisotopic (exact) mass is 413 g/mol. The molecule has 1 unspecified atom stereocenters. The maximum absolute atomic E-state index is 13.3. The van der Waals surface area contributed by atoms with Crippen molar-refractivity contribution in [2.75, 3.05) is 24.5 Å². The van der Waals surface area contributed by atoms with E-state index in [2.05, 4.69) is 17.0 Å². The summed E-state index contributed by atoms with van der Waals surface area (Å²) >= 11 is 0. The molecule has 1 aromatic heterocycles. The molecule has 0 saturated carbocycles. The van der Waals surface area contributed by atoms with E-state index < -0.39 is 10.0 Å². The topological polar surface area (TPSA) is 53.5 Å². The van der Waals surface area contributed by atoms with Gasteiger partial charge in [-0.1, -0.05) is 43.0 Å². The van der Waals surface area contributed by atoms with Crippen LogP contribution in [0.5, 0.6) is 0 Å². The Labute approximate surface area is 174 Å². The van der Waals surface area contributed by atoms with Crippen molar-refractivity contribution in [1.29, 1.82) is 0 Å². The number of hydrogen-bond acceptors (Lipinski definition) is 4. The Morgan fingerprint density at radius 2 is 1.55 bits per heavy atom. The van der Waals surface area contributed by atoms with E-state index in [9.17, 15) is 8.42 Å². The summed E-state index contributed by atoms with van der Waals surface area (Å²) < 4.78 is 28.3. The highest BCUT2D eigenvalue weighted by molar-refractivity contribution is 7.89. The molecule has 0 radical (unpaired) electrons. The number of hydrogen-bond donors (Lipinski definition) is 0. The fourth-order valence-electron chi connectivity index (χ4n) is 4.45. The number of pyridine rings is 1. The summed E-state index contributed by atoms with van der Waals surface area (Å²) in [5, 5.41) is 0. The molecule has 156 valence electrons. The number of piperidine rings is 1. The lowest BCUT2D eigenvalue weighted by molar-refractivity contribution is 0.255. The average molecular weight is 414 g/mol. The van der Waals surface area contributed by atoms with Crippen molar-refractivity contribution in [3.8, 4) is 0 Å². The van der Waals surface area contributed by atoms with E-state index in [1.807, 2.05) is 25.3 Å². The van der Waals surface area contributed by atoms with Crippen molar-refractivity contribution >= 4 is 15.8 Å². The molecule has 2 saturated heterocycles. The van der Waals surface area contributed by atoms with Crippen molar-refractivity contribution in [3.63, 3.8) is 0 Å². The summed E-state index contributed by atoms with van der Waals surface area (Å²) in [6.45, 7) is 4.65. The predicted octanol–water partition coefficient (Wildman–Crippen LogP) is 4.69. The minimum atomic E-state index is -3.52. The maximum atomic E-state index is 13.3. The van der Waals surface area contributed by atoms with E-state index in [1.54, 1.807) is 16.4 Å². The Morgan fingerprint density at radius 1 is 0.862 bits per heavy atom. The molecule has 0 aliphatic carbocycles. The lowest BCUT2D eigenvalue weighted by Gasteiger charge is -2.35. The van der Waals surface area contributed by atoms with Crippen LogP contribution in [-0.2, 0) is 10.0 Å². The summed E-state index contributed by atoms with van der Waals surface area (Å²) in [5.74, 6) is 1.01. The molecule has 1 aromatic carbocycles. The minimum Gasteiger partial charge on any atom is -0.357 e. The molecule has 0 spiro atoms. The van der Waals surface area contributed by atoms with Gasteiger partial charge in [0.1, 0.15) is 5.82 Å². The van der Waals surface area contributed by atoms with Gasteiger partial charge in [-0.05, 0) is 56.4 Å². The molecule has 6 heteroatoms. The SMILES string of the molecule is Cc1ccc(S(=O)(=O)N2CCCCC2c2ccc(N3CCCCCC3)nc2)cc1. The van der Waals surface area contributed by atoms with Crippen molar-refractivity contribution in [2.24, 2.45) is 0 Å². The second-order valence-corrected chi connectivity index (χ2v) is 10.2. The number of aromatic nitrogens is 1. The van der Waals surface area contributed by atoms with Crippen molar-refractivity contribution < 1.29 is 8.42 Å². The Balaban J connectivity index is 1.58.